The van der Waals surface area contributed by atoms with Crippen molar-refractivity contribution < 1.29 is 14.0 Å². The van der Waals surface area contributed by atoms with Crippen LogP contribution >= 0.6 is 35.0 Å². The third-order valence-corrected chi connectivity index (χ3v) is 6.48. The standard InChI is InChI=1S/C23H27Cl2FN2O2S/c1-3-4-11-27-23(30)16(2)28(13-17-9-10-19(24)20(25)12-17)22(29)15-31-14-18-7-5-6-8-21(18)26/h5-10,12,16H,3-4,11,13-15H2,1-2H3,(H,27,30). The van der Waals surface area contributed by atoms with Gasteiger partial charge >= 0.3 is 0 Å². The van der Waals surface area contributed by atoms with Gasteiger partial charge in [0.25, 0.3) is 0 Å². The second-order valence-electron chi connectivity index (χ2n) is 7.17. The summed E-state index contributed by atoms with van der Waals surface area (Å²) in [5, 5.41) is 3.69. The minimum atomic E-state index is -0.659. The van der Waals surface area contributed by atoms with Gasteiger partial charge < -0.3 is 10.2 Å². The van der Waals surface area contributed by atoms with Crippen molar-refractivity contribution in [3.63, 3.8) is 0 Å². The van der Waals surface area contributed by atoms with Crippen molar-refractivity contribution in [3.05, 3.63) is 69.5 Å². The summed E-state index contributed by atoms with van der Waals surface area (Å²) in [6, 6.07) is 11.0. The van der Waals surface area contributed by atoms with E-state index in [9.17, 15) is 14.0 Å². The smallest absolute Gasteiger partial charge is 0.242 e. The van der Waals surface area contributed by atoms with Crippen LogP contribution in [0.5, 0.6) is 0 Å². The van der Waals surface area contributed by atoms with Crippen LogP contribution in [0.25, 0.3) is 0 Å². The van der Waals surface area contributed by atoms with E-state index in [0.29, 0.717) is 27.9 Å². The second-order valence-corrected chi connectivity index (χ2v) is 8.97. The zero-order valence-corrected chi connectivity index (χ0v) is 20.0. The Morgan fingerprint density at radius 1 is 1.16 bits per heavy atom. The maximum absolute atomic E-state index is 13.8. The maximum atomic E-state index is 13.8. The predicted octanol–water partition coefficient (Wildman–Crippen LogP) is 5.70. The van der Waals surface area contributed by atoms with Crippen molar-refractivity contribution in [2.45, 2.75) is 45.0 Å². The minimum absolute atomic E-state index is 0.127. The number of amides is 2. The lowest BCUT2D eigenvalue weighted by atomic mass is 10.1. The largest absolute Gasteiger partial charge is 0.354 e. The highest BCUT2D eigenvalue weighted by atomic mass is 35.5. The average Bonchev–Trinajstić information content (AvgIpc) is 2.75. The molecule has 2 aromatic carbocycles. The van der Waals surface area contributed by atoms with Crippen LogP contribution in [0.15, 0.2) is 42.5 Å². The molecule has 0 saturated heterocycles. The molecular formula is C23H27Cl2FN2O2S. The molecule has 31 heavy (non-hydrogen) atoms. The number of hydrogen-bond acceptors (Lipinski definition) is 3. The van der Waals surface area contributed by atoms with Crippen LogP contribution in [0.2, 0.25) is 10.0 Å². The first-order valence-corrected chi connectivity index (χ1v) is 12.1. The van der Waals surface area contributed by atoms with E-state index >= 15 is 0 Å². The van der Waals surface area contributed by atoms with Crippen molar-refractivity contribution in [1.82, 2.24) is 10.2 Å². The van der Waals surface area contributed by atoms with Crippen molar-refractivity contribution >= 4 is 46.8 Å². The Balaban J connectivity index is 2.09. The van der Waals surface area contributed by atoms with E-state index in [4.69, 9.17) is 23.2 Å². The molecule has 1 unspecified atom stereocenters. The normalized spacial score (nSPS) is 11.8. The summed E-state index contributed by atoms with van der Waals surface area (Å²) in [6.07, 6.45) is 1.84. The fraction of sp³-hybridized carbons (Fsp3) is 0.391. The molecular weight excluding hydrogens is 458 g/mol. The van der Waals surface area contributed by atoms with Gasteiger partial charge in [-0.25, -0.2) is 4.39 Å². The van der Waals surface area contributed by atoms with Gasteiger partial charge in [0.15, 0.2) is 0 Å². The zero-order chi connectivity index (χ0) is 22.8. The summed E-state index contributed by atoms with van der Waals surface area (Å²) in [4.78, 5) is 27.2. The number of benzene rings is 2. The summed E-state index contributed by atoms with van der Waals surface area (Å²) >= 11 is 13.4. The van der Waals surface area contributed by atoms with Crippen LogP contribution in [0.1, 0.15) is 37.8 Å². The van der Waals surface area contributed by atoms with Gasteiger partial charge in [0, 0.05) is 18.8 Å². The fourth-order valence-corrected chi connectivity index (χ4v) is 4.12. The highest BCUT2D eigenvalue weighted by Crippen LogP contribution is 2.24. The summed E-state index contributed by atoms with van der Waals surface area (Å²) in [5.74, 6) is -0.205. The molecule has 1 N–H and O–H groups in total. The van der Waals surface area contributed by atoms with E-state index in [1.807, 2.05) is 6.92 Å². The number of rotatable bonds is 11. The Morgan fingerprint density at radius 2 is 1.90 bits per heavy atom. The number of carbonyl (C=O) groups is 2. The van der Waals surface area contributed by atoms with Crippen LogP contribution in [0.3, 0.4) is 0 Å². The van der Waals surface area contributed by atoms with E-state index in [1.54, 1.807) is 43.3 Å². The van der Waals surface area contributed by atoms with E-state index in [0.717, 1.165) is 18.4 Å². The summed E-state index contributed by atoms with van der Waals surface area (Å²) in [7, 11) is 0. The van der Waals surface area contributed by atoms with Crippen LogP contribution in [-0.4, -0.2) is 35.1 Å². The fourth-order valence-electron chi connectivity index (χ4n) is 2.90. The quantitative estimate of drug-likeness (QED) is 0.416. The van der Waals surface area contributed by atoms with Crippen LogP contribution in [0.4, 0.5) is 4.39 Å². The van der Waals surface area contributed by atoms with E-state index in [-0.39, 0.29) is 29.9 Å². The number of halogens is 3. The van der Waals surface area contributed by atoms with Crippen molar-refractivity contribution in [1.29, 1.82) is 0 Å². The molecule has 0 saturated carbocycles. The molecule has 2 aromatic rings. The minimum Gasteiger partial charge on any atom is -0.354 e. The molecule has 4 nitrogen and oxygen atoms in total. The number of thioether (sulfide) groups is 1. The highest BCUT2D eigenvalue weighted by molar-refractivity contribution is 7.99. The SMILES string of the molecule is CCCCNC(=O)C(C)N(Cc1ccc(Cl)c(Cl)c1)C(=O)CSCc1ccccc1F. The second kappa shape index (κ2) is 12.9. The molecule has 0 radical (unpaired) electrons. The molecule has 0 aliphatic carbocycles. The molecule has 1 atom stereocenters. The van der Waals surface area contributed by atoms with Crippen molar-refractivity contribution in [2.75, 3.05) is 12.3 Å². The molecule has 168 valence electrons. The number of nitrogens with zero attached hydrogens (tertiary/aromatic N) is 1. The van der Waals surface area contributed by atoms with Crippen LogP contribution in [0, 0.1) is 5.82 Å². The molecule has 2 rings (SSSR count). The van der Waals surface area contributed by atoms with Gasteiger partial charge in [0.2, 0.25) is 11.8 Å². The molecule has 2 amide bonds. The number of hydrogen-bond donors (Lipinski definition) is 1. The summed E-state index contributed by atoms with van der Waals surface area (Å²) < 4.78 is 13.8. The Kier molecular flexibility index (Phi) is 10.6. The maximum Gasteiger partial charge on any atom is 0.242 e. The summed E-state index contributed by atoms with van der Waals surface area (Å²) in [6.45, 7) is 4.54. The number of nitrogens with one attached hydrogen (secondary N) is 1. The molecule has 0 aliphatic rings. The third kappa shape index (κ3) is 8.02. The van der Waals surface area contributed by atoms with E-state index in [1.165, 1.54) is 22.7 Å². The monoisotopic (exact) mass is 484 g/mol. The third-order valence-electron chi connectivity index (χ3n) is 4.77. The van der Waals surface area contributed by atoms with Crippen LogP contribution < -0.4 is 5.32 Å². The topological polar surface area (TPSA) is 49.4 Å². The number of carbonyl (C=O) groups excluding carboxylic acids is 2. The Labute approximate surface area is 197 Å². The van der Waals surface area contributed by atoms with Gasteiger partial charge in [-0.3, -0.25) is 9.59 Å². The first-order valence-electron chi connectivity index (χ1n) is 10.2. The van der Waals surface area contributed by atoms with Gasteiger partial charge in [-0.2, -0.15) is 0 Å². The Bertz CT molecular complexity index is 898. The molecule has 0 heterocycles. The first kappa shape index (κ1) is 25.5. The molecule has 0 bridgehead atoms. The average molecular weight is 485 g/mol. The van der Waals surface area contributed by atoms with Crippen LogP contribution in [-0.2, 0) is 21.9 Å². The lowest BCUT2D eigenvalue weighted by Gasteiger charge is -2.29. The van der Waals surface area contributed by atoms with Gasteiger partial charge in [-0.1, -0.05) is 60.8 Å². The van der Waals surface area contributed by atoms with Gasteiger partial charge in [0.1, 0.15) is 11.9 Å². The van der Waals surface area contributed by atoms with Gasteiger partial charge in [-0.15, -0.1) is 11.8 Å². The summed E-state index contributed by atoms with van der Waals surface area (Å²) in [5.41, 5.74) is 1.32. The lowest BCUT2D eigenvalue weighted by molar-refractivity contribution is -0.138. The lowest BCUT2D eigenvalue weighted by Crippen LogP contribution is -2.48. The van der Waals surface area contributed by atoms with E-state index < -0.39 is 6.04 Å². The Morgan fingerprint density at radius 3 is 2.58 bits per heavy atom. The van der Waals surface area contributed by atoms with Gasteiger partial charge in [-0.05, 0) is 42.7 Å². The molecule has 0 fully saturated rings. The molecule has 8 heteroatoms. The first-order chi connectivity index (χ1) is 14.8. The van der Waals surface area contributed by atoms with Crippen molar-refractivity contribution in [2.24, 2.45) is 0 Å². The highest BCUT2D eigenvalue weighted by Gasteiger charge is 2.26. The molecule has 0 aromatic heterocycles. The van der Waals surface area contributed by atoms with Gasteiger partial charge in [0.05, 0.1) is 15.8 Å². The number of unbranched alkanes of at least 4 members (excludes halogenated alkanes) is 1. The predicted molar refractivity (Wildman–Crippen MR) is 127 cm³/mol. The molecule has 0 spiro atoms. The van der Waals surface area contributed by atoms with E-state index in [2.05, 4.69) is 5.32 Å². The van der Waals surface area contributed by atoms with Crippen molar-refractivity contribution in [3.8, 4) is 0 Å². The molecule has 0 aliphatic heterocycles. The zero-order valence-electron chi connectivity index (χ0n) is 17.7. The Hall–Kier alpha value is -1.76.